The van der Waals surface area contributed by atoms with E-state index in [0.29, 0.717) is 12.0 Å². The SMILES string of the molecule is O=C(Cn1nc(-c2ccc(F)cc2)oc1=O)NCc1ccc(N2CCCC2=O)cc1. The molecule has 1 aromatic heterocycles. The molecule has 2 amide bonds. The molecule has 8 nitrogen and oxygen atoms in total. The van der Waals surface area contributed by atoms with Crippen molar-refractivity contribution in [1.29, 1.82) is 0 Å². The topological polar surface area (TPSA) is 97.4 Å². The van der Waals surface area contributed by atoms with Gasteiger partial charge in [0.2, 0.25) is 17.7 Å². The van der Waals surface area contributed by atoms with Crippen molar-refractivity contribution in [2.45, 2.75) is 25.9 Å². The van der Waals surface area contributed by atoms with E-state index in [9.17, 15) is 18.8 Å². The van der Waals surface area contributed by atoms with Crippen LogP contribution in [-0.2, 0) is 22.7 Å². The number of anilines is 1. The first-order chi connectivity index (χ1) is 14.5. The van der Waals surface area contributed by atoms with Gasteiger partial charge in [-0.3, -0.25) is 9.59 Å². The maximum Gasteiger partial charge on any atom is 0.437 e. The quantitative estimate of drug-likeness (QED) is 0.671. The van der Waals surface area contributed by atoms with Crippen molar-refractivity contribution in [2.75, 3.05) is 11.4 Å². The number of nitrogens with zero attached hydrogens (tertiary/aromatic N) is 3. The zero-order valence-corrected chi connectivity index (χ0v) is 16.0. The minimum absolute atomic E-state index is 0.0137. The Bertz CT molecular complexity index is 1120. The Morgan fingerprint density at radius 2 is 1.83 bits per heavy atom. The molecule has 154 valence electrons. The van der Waals surface area contributed by atoms with Crippen LogP contribution >= 0.6 is 0 Å². The summed E-state index contributed by atoms with van der Waals surface area (Å²) in [7, 11) is 0. The number of halogens is 1. The molecule has 0 bridgehead atoms. The number of carbonyl (C=O) groups excluding carboxylic acids is 2. The maximum absolute atomic E-state index is 13.0. The predicted molar refractivity (Wildman–Crippen MR) is 106 cm³/mol. The van der Waals surface area contributed by atoms with Crippen LogP contribution in [-0.4, -0.2) is 28.1 Å². The van der Waals surface area contributed by atoms with E-state index in [1.807, 2.05) is 24.3 Å². The van der Waals surface area contributed by atoms with E-state index >= 15 is 0 Å². The molecule has 0 atom stereocenters. The Labute approximate surface area is 170 Å². The molecule has 1 aliphatic rings. The summed E-state index contributed by atoms with van der Waals surface area (Å²) < 4.78 is 19.0. The first-order valence-corrected chi connectivity index (χ1v) is 9.49. The Morgan fingerprint density at radius 3 is 2.50 bits per heavy atom. The summed E-state index contributed by atoms with van der Waals surface area (Å²) in [6.45, 7) is 0.690. The Balaban J connectivity index is 1.34. The van der Waals surface area contributed by atoms with Crippen LogP contribution in [0.5, 0.6) is 0 Å². The summed E-state index contributed by atoms with van der Waals surface area (Å²) >= 11 is 0. The second-order valence-corrected chi connectivity index (χ2v) is 6.93. The van der Waals surface area contributed by atoms with Crippen molar-refractivity contribution in [1.82, 2.24) is 15.1 Å². The minimum Gasteiger partial charge on any atom is -0.388 e. The molecule has 0 spiro atoms. The number of aromatic nitrogens is 2. The van der Waals surface area contributed by atoms with Crippen LogP contribution in [0.15, 0.2) is 57.7 Å². The average molecular weight is 410 g/mol. The molecule has 1 saturated heterocycles. The van der Waals surface area contributed by atoms with Gasteiger partial charge in [0, 0.05) is 30.8 Å². The van der Waals surface area contributed by atoms with Crippen molar-refractivity contribution in [2.24, 2.45) is 0 Å². The van der Waals surface area contributed by atoms with Gasteiger partial charge in [0.15, 0.2) is 0 Å². The van der Waals surface area contributed by atoms with Gasteiger partial charge in [0.1, 0.15) is 12.4 Å². The fourth-order valence-electron chi connectivity index (χ4n) is 3.22. The van der Waals surface area contributed by atoms with Crippen LogP contribution in [0.1, 0.15) is 18.4 Å². The van der Waals surface area contributed by atoms with Gasteiger partial charge >= 0.3 is 5.76 Å². The number of benzene rings is 2. The molecule has 3 aromatic rings. The third-order valence-electron chi connectivity index (χ3n) is 4.80. The van der Waals surface area contributed by atoms with Crippen molar-refractivity contribution in [3.05, 3.63) is 70.5 Å². The second kappa shape index (κ2) is 8.32. The first kappa shape index (κ1) is 19.6. The summed E-state index contributed by atoms with van der Waals surface area (Å²) in [5, 5.41) is 6.70. The molecule has 0 saturated carbocycles. The lowest BCUT2D eigenvalue weighted by Crippen LogP contribution is -2.31. The van der Waals surface area contributed by atoms with E-state index in [1.54, 1.807) is 4.90 Å². The van der Waals surface area contributed by atoms with Crippen molar-refractivity contribution in [3.8, 4) is 11.5 Å². The lowest BCUT2D eigenvalue weighted by Gasteiger charge is -2.16. The fourth-order valence-corrected chi connectivity index (χ4v) is 3.22. The highest BCUT2D eigenvalue weighted by molar-refractivity contribution is 5.95. The second-order valence-electron chi connectivity index (χ2n) is 6.93. The van der Waals surface area contributed by atoms with Crippen LogP contribution in [0.3, 0.4) is 0 Å². The van der Waals surface area contributed by atoms with Gasteiger partial charge in [-0.1, -0.05) is 12.1 Å². The lowest BCUT2D eigenvalue weighted by atomic mass is 10.2. The normalized spacial score (nSPS) is 13.6. The van der Waals surface area contributed by atoms with E-state index in [4.69, 9.17) is 4.42 Å². The Kier molecular flexibility index (Phi) is 5.42. The van der Waals surface area contributed by atoms with Gasteiger partial charge in [-0.15, -0.1) is 5.10 Å². The molecule has 1 N–H and O–H groups in total. The van der Waals surface area contributed by atoms with Gasteiger partial charge < -0.3 is 14.6 Å². The summed E-state index contributed by atoms with van der Waals surface area (Å²) in [5.74, 6) is -1.46. The molecule has 1 aliphatic heterocycles. The summed E-state index contributed by atoms with van der Waals surface area (Å²) in [6.07, 6.45) is 1.43. The van der Waals surface area contributed by atoms with Crippen molar-refractivity contribution < 1.29 is 18.4 Å². The van der Waals surface area contributed by atoms with Crippen LogP contribution in [0.4, 0.5) is 10.1 Å². The molecule has 2 heterocycles. The molecule has 30 heavy (non-hydrogen) atoms. The summed E-state index contributed by atoms with van der Waals surface area (Å²) in [6, 6.07) is 12.7. The fraction of sp³-hybridized carbons (Fsp3) is 0.238. The van der Waals surface area contributed by atoms with Crippen molar-refractivity contribution in [3.63, 3.8) is 0 Å². The van der Waals surface area contributed by atoms with Gasteiger partial charge in [-0.2, -0.15) is 4.68 Å². The van der Waals surface area contributed by atoms with E-state index in [0.717, 1.165) is 28.9 Å². The molecule has 4 rings (SSSR count). The van der Waals surface area contributed by atoms with Crippen LogP contribution in [0, 0.1) is 5.82 Å². The molecule has 0 aliphatic carbocycles. The number of hydrogen-bond acceptors (Lipinski definition) is 5. The molecular formula is C21H19FN4O4. The van der Waals surface area contributed by atoms with Crippen LogP contribution in [0.25, 0.3) is 11.5 Å². The van der Waals surface area contributed by atoms with E-state index in [1.165, 1.54) is 24.3 Å². The van der Waals surface area contributed by atoms with E-state index < -0.39 is 17.5 Å². The lowest BCUT2D eigenvalue weighted by molar-refractivity contribution is -0.122. The highest BCUT2D eigenvalue weighted by Crippen LogP contribution is 2.21. The van der Waals surface area contributed by atoms with Crippen LogP contribution < -0.4 is 16.0 Å². The number of nitrogens with one attached hydrogen (secondary N) is 1. The van der Waals surface area contributed by atoms with Gasteiger partial charge in [0.25, 0.3) is 0 Å². The number of carbonyl (C=O) groups is 2. The molecule has 2 aromatic carbocycles. The van der Waals surface area contributed by atoms with E-state index in [-0.39, 0.29) is 24.9 Å². The highest BCUT2D eigenvalue weighted by atomic mass is 19.1. The average Bonchev–Trinajstić information content (AvgIpc) is 3.33. The zero-order valence-electron chi connectivity index (χ0n) is 16.0. The zero-order chi connectivity index (χ0) is 21.1. The number of hydrogen-bond donors (Lipinski definition) is 1. The summed E-state index contributed by atoms with van der Waals surface area (Å²) in [5.41, 5.74) is 2.14. The van der Waals surface area contributed by atoms with Gasteiger partial charge in [-0.05, 0) is 48.4 Å². The minimum atomic E-state index is -0.774. The molecule has 1 fully saturated rings. The maximum atomic E-state index is 13.0. The third kappa shape index (κ3) is 4.29. The molecule has 0 unspecified atom stereocenters. The van der Waals surface area contributed by atoms with Gasteiger partial charge in [0.05, 0.1) is 0 Å². The predicted octanol–water partition coefficient (Wildman–Crippen LogP) is 2.09. The standard InChI is InChI=1S/C21H19FN4O4/c22-16-7-5-15(6-8-16)20-24-26(21(29)30-20)13-18(27)23-12-14-3-9-17(10-4-14)25-11-1-2-19(25)28/h3-10H,1-2,11-13H2,(H,23,27). The van der Waals surface area contributed by atoms with Gasteiger partial charge in [-0.25, -0.2) is 9.18 Å². The third-order valence-corrected chi connectivity index (χ3v) is 4.80. The smallest absolute Gasteiger partial charge is 0.388 e. The Morgan fingerprint density at radius 1 is 1.10 bits per heavy atom. The van der Waals surface area contributed by atoms with Crippen molar-refractivity contribution >= 4 is 17.5 Å². The molecule has 0 radical (unpaired) electrons. The number of amides is 2. The van der Waals surface area contributed by atoms with E-state index in [2.05, 4.69) is 10.4 Å². The number of rotatable bonds is 6. The Hall–Kier alpha value is -3.75. The van der Waals surface area contributed by atoms with Crippen LogP contribution in [0.2, 0.25) is 0 Å². The molecule has 9 heteroatoms. The first-order valence-electron chi connectivity index (χ1n) is 9.49. The highest BCUT2D eigenvalue weighted by Gasteiger charge is 2.21. The largest absolute Gasteiger partial charge is 0.437 e. The molecular weight excluding hydrogens is 391 g/mol. The monoisotopic (exact) mass is 410 g/mol. The summed E-state index contributed by atoms with van der Waals surface area (Å²) in [4.78, 5) is 37.7.